The van der Waals surface area contributed by atoms with Gasteiger partial charge in [0.25, 0.3) is 0 Å². The molecule has 7 aromatic carbocycles. The SMILES string of the molecule is CC1(C)c2ccccc2-c2ccc(N(c3ccc(-c4ccccn4)cc3)c3ccc4c(c3)c3cc5ccn(-c6ccccc6)c5cc3n4-c3ccccc3)cc21. The molecule has 0 bridgehead atoms. The van der Waals surface area contributed by atoms with E-state index in [0.29, 0.717) is 0 Å². The van der Waals surface area contributed by atoms with Crippen molar-refractivity contribution in [2.45, 2.75) is 19.3 Å². The van der Waals surface area contributed by atoms with Crippen molar-refractivity contribution in [3.05, 3.63) is 206 Å². The molecule has 0 radical (unpaired) electrons. The van der Waals surface area contributed by atoms with E-state index >= 15 is 0 Å². The lowest BCUT2D eigenvalue weighted by Crippen LogP contribution is -2.16. The van der Waals surface area contributed by atoms with Gasteiger partial charge in [-0.2, -0.15) is 0 Å². The van der Waals surface area contributed by atoms with E-state index in [1.54, 1.807) is 0 Å². The van der Waals surface area contributed by atoms with E-state index in [-0.39, 0.29) is 5.41 Å². The fraction of sp³-hybridized carbons (Fsp3) is 0.0577. The zero-order valence-electron chi connectivity index (χ0n) is 31.3. The minimum atomic E-state index is -0.120. The summed E-state index contributed by atoms with van der Waals surface area (Å²) in [5.41, 5.74) is 16.4. The Morgan fingerprint density at radius 3 is 1.93 bits per heavy atom. The molecule has 0 amide bonds. The molecule has 3 heterocycles. The second-order valence-corrected chi connectivity index (χ2v) is 15.3. The third kappa shape index (κ3) is 4.96. The molecule has 0 atom stereocenters. The smallest absolute Gasteiger partial charge is 0.0701 e. The van der Waals surface area contributed by atoms with Gasteiger partial charge in [-0.05, 0) is 119 Å². The molecule has 0 saturated carbocycles. The van der Waals surface area contributed by atoms with Gasteiger partial charge in [-0.25, -0.2) is 0 Å². The zero-order chi connectivity index (χ0) is 37.4. The Hall–Kier alpha value is -7.17. The van der Waals surface area contributed by atoms with Crippen LogP contribution in [0.1, 0.15) is 25.0 Å². The largest absolute Gasteiger partial charge is 0.316 e. The number of fused-ring (bicyclic) bond motifs is 7. The minimum Gasteiger partial charge on any atom is -0.316 e. The fourth-order valence-electron chi connectivity index (χ4n) is 9.04. The second kappa shape index (κ2) is 12.4. The highest BCUT2D eigenvalue weighted by molar-refractivity contribution is 6.14. The standard InChI is InChI=1S/C52H38N4/c1-52(2)46-18-10-9-17-42(46)43-26-24-41(33-47(43)52)55(39-22-20-35(21-23-39)48-19-11-12-29-53-48)40-25-27-49-45(32-40)44-31-36-28-30-54(37-13-5-3-6-14-37)50(36)34-51(44)56(49)38-15-7-4-8-16-38/h3-34H,1-2H3. The van der Waals surface area contributed by atoms with Gasteiger partial charge >= 0.3 is 0 Å². The summed E-state index contributed by atoms with van der Waals surface area (Å²) in [5, 5.41) is 3.64. The zero-order valence-corrected chi connectivity index (χ0v) is 31.3. The lowest BCUT2D eigenvalue weighted by atomic mass is 9.82. The minimum absolute atomic E-state index is 0.120. The van der Waals surface area contributed by atoms with E-state index < -0.39 is 0 Å². The van der Waals surface area contributed by atoms with E-state index in [1.807, 2.05) is 18.3 Å². The van der Waals surface area contributed by atoms with Crippen molar-refractivity contribution in [2.75, 3.05) is 4.90 Å². The predicted molar refractivity (Wildman–Crippen MR) is 233 cm³/mol. The maximum Gasteiger partial charge on any atom is 0.0701 e. The van der Waals surface area contributed by atoms with Crippen molar-refractivity contribution in [3.8, 4) is 33.8 Å². The summed E-state index contributed by atoms with van der Waals surface area (Å²) in [5.74, 6) is 0. The van der Waals surface area contributed by atoms with Crippen LogP contribution in [0.25, 0.3) is 66.5 Å². The number of benzene rings is 7. The Balaban J connectivity index is 1.13. The molecule has 3 aromatic heterocycles. The first kappa shape index (κ1) is 32.3. The van der Waals surface area contributed by atoms with Gasteiger partial charge in [-0.1, -0.05) is 98.8 Å². The number of pyridine rings is 1. The molecule has 10 aromatic rings. The summed E-state index contributed by atoms with van der Waals surface area (Å²) >= 11 is 0. The van der Waals surface area contributed by atoms with Crippen molar-refractivity contribution in [3.63, 3.8) is 0 Å². The molecule has 11 rings (SSSR count). The summed E-state index contributed by atoms with van der Waals surface area (Å²) in [6, 6.07) is 66.0. The van der Waals surface area contributed by atoms with Crippen LogP contribution >= 0.6 is 0 Å². The van der Waals surface area contributed by atoms with Crippen molar-refractivity contribution >= 4 is 49.8 Å². The molecule has 4 heteroatoms. The summed E-state index contributed by atoms with van der Waals surface area (Å²) in [6.07, 6.45) is 4.04. The van der Waals surface area contributed by atoms with Gasteiger partial charge in [-0.15, -0.1) is 0 Å². The first-order valence-electron chi connectivity index (χ1n) is 19.3. The van der Waals surface area contributed by atoms with Crippen molar-refractivity contribution in [1.29, 1.82) is 0 Å². The third-order valence-corrected chi connectivity index (χ3v) is 11.8. The van der Waals surface area contributed by atoms with Crippen LogP contribution in [-0.2, 0) is 5.41 Å². The third-order valence-electron chi connectivity index (χ3n) is 11.8. The highest BCUT2D eigenvalue weighted by Gasteiger charge is 2.35. The first-order chi connectivity index (χ1) is 27.5. The van der Waals surface area contributed by atoms with Crippen LogP contribution < -0.4 is 4.90 Å². The monoisotopic (exact) mass is 718 g/mol. The maximum atomic E-state index is 4.63. The molecule has 0 saturated heterocycles. The van der Waals surface area contributed by atoms with Crippen molar-refractivity contribution in [1.82, 2.24) is 14.1 Å². The Labute approximate surface area is 326 Å². The Bertz CT molecular complexity index is 3080. The van der Waals surface area contributed by atoms with E-state index in [2.05, 4.69) is 209 Å². The van der Waals surface area contributed by atoms with Crippen molar-refractivity contribution in [2.24, 2.45) is 0 Å². The Morgan fingerprint density at radius 1 is 0.482 bits per heavy atom. The van der Waals surface area contributed by atoms with Gasteiger partial charge in [-0.3, -0.25) is 4.98 Å². The summed E-state index contributed by atoms with van der Waals surface area (Å²) in [7, 11) is 0. The van der Waals surface area contributed by atoms with E-state index in [1.165, 1.54) is 55.0 Å². The predicted octanol–water partition coefficient (Wildman–Crippen LogP) is 13.6. The average Bonchev–Trinajstić information content (AvgIpc) is 3.89. The number of para-hydroxylation sites is 2. The molecule has 1 aliphatic carbocycles. The van der Waals surface area contributed by atoms with Gasteiger partial charge in [0.1, 0.15) is 0 Å². The van der Waals surface area contributed by atoms with Crippen LogP contribution in [0.3, 0.4) is 0 Å². The van der Waals surface area contributed by atoms with Gasteiger partial charge in [0.15, 0.2) is 0 Å². The van der Waals surface area contributed by atoms with Crippen LogP contribution in [0.15, 0.2) is 194 Å². The Kier molecular flexibility index (Phi) is 7.17. The number of aromatic nitrogens is 3. The molecule has 0 N–H and O–H groups in total. The van der Waals surface area contributed by atoms with E-state index in [4.69, 9.17) is 0 Å². The molecule has 0 aliphatic heterocycles. The lowest BCUT2D eigenvalue weighted by Gasteiger charge is -2.28. The summed E-state index contributed by atoms with van der Waals surface area (Å²) in [6.45, 7) is 4.70. The highest BCUT2D eigenvalue weighted by atomic mass is 15.1. The molecule has 0 fully saturated rings. The topological polar surface area (TPSA) is 26.0 Å². The summed E-state index contributed by atoms with van der Waals surface area (Å²) < 4.78 is 4.70. The molecule has 4 nitrogen and oxygen atoms in total. The lowest BCUT2D eigenvalue weighted by molar-refractivity contribution is 0.660. The molecular weight excluding hydrogens is 681 g/mol. The first-order valence-corrected chi connectivity index (χ1v) is 19.3. The normalized spacial score (nSPS) is 13.0. The average molecular weight is 719 g/mol. The van der Waals surface area contributed by atoms with Gasteiger partial charge in [0.2, 0.25) is 0 Å². The number of hydrogen-bond donors (Lipinski definition) is 0. The van der Waals surface area contributed by atoms with Crippen LogP contribution in [0.5, 0.6) is 0 Å². The Morgan fingerprint density at radius 2 is 1.14 bits per heavy atom. The second-order valence-electron chi connectivity index (χ2n) is 15.3. The van der Waals surface area contributed by atoms with Gasteiger partial charge in [0, 0.05) is 68.0 Å². The maximum absolute atomic E-state index is 4.63. The van der Waals surface area contributed by atoms with Crippen molar-refractivity contribution < 1.29 is 0 Å². The number of nitrogens with zero attached hydrogens (tertiary/aromatic N) is 4. The van der Waals surface area contributed by atoms with Crippen LogP contribution in [0.2, 0.25) is 0 Å². The number of hydrogen-bond acceptors (Lipinski definition) is 2. The van der Waals surface area contributed by atoms with E-state index in [0.717, 1.165) is 39.7 Å². The fourth-order valence-corrected chi connectivity index (χ4v) is 9.04. The molecule has 0 unspecified atom stereocenters. The van der Waals surface area contributed by atoms with Gasteiger partial charge < -0.3 is 14.0 Å². The summed E-state index contributed by atoms with van der Waals surface area (Å²) in [4.78, 5) is 7.04. The molecule has 56 heavy (non-hydrogen) atoms. The highest BCUT2D eigenvalue weighted by Crippen LogP contribution is 2.51. The quantitative estimate of drug-likeness (QED) is 0.171. The van der Waals surface area contributed by atoms with Crippen LogP contribution in [0.4, 0.5) is 17.1 Å². The van der Waals surface area contributed by atoms with Crippen LogP contribution in [0, 0.1) is 0 Å². The molecule has 0 spiro atoms. The molecular formula is C52H38N4. The van der Waals surface area contributed by atoms with Crippen LogP contribution in [-0.4, -0.2) is 14.1 Å². The molecule has 1 aliphatic rings. The van der Waals surface area contributed by atoms with Gasteiger partial charge in [0.05, 0.1) is 22.2 Å². The molecule has 266 valence electrons. The number of anilines is 3. The number of rotatable bonds is 6. The van der Waals surface area contributed by atoms with E-state index in [9.17, 15) is 0 Å².